The molecule has 124 valence electrons. The Kier molecular flexibility index (Phi) is 5.13. The molecule has 0 bridgehead atoms. The van der Waals surface area contributed by atoms with Crippen LogP contribution in [-0.2, 0) is 11.3 Å². The van der Waals surface area contributed by atoms with E-state index in [1.165, 1.54) is 11.0 Å². The molecule has 0 saturated carbocycles. The van der Waals surface area contributed by atoms with Gasteiger partial charge in [-0.05, 0) is 24.6 Å². The first-order valence-electron chi connectivity index (χ1n) is 7.53. The van der Waals surface area contributed by atoms with E-state index in [9.17, 15) is 13.6 Å². The van der Waals surface area contributed by atoms with E-state index in [-0.39, 0.29) is 24.4 Å². The predicted molar refractivity (Wildman–Crippen MR) is 83.9 cm³/mol. The number of imidazole rings is 1. The molecule has 0 fully saturated rings. The van der Waals surface area contributed by atoms with Crippen molar-refractivity contribution in [2.24, 2.45) is 0 Å². The molecule has 1 heterocycles. The monoisotopic (exact) mass is 321 g/mol. The molecule has 0 aliphatic rings. The van der Waals surface area contributed by atoms with Crippen LogP contribution in [0.2, 0.25) is 0 Å². The highest BCUT2D eigenvalue weighted by atomic mass is 19.2. The highest BCUT2D eigenvalue weighted by Crippen LogP contribution is 2.21. The Labute approximate surface area is 134 Å². The van der Waals surface area contributed by atoms with Crippen molar-refractivity contribution in [3.8, 4) is 0 Å². The number of likely N-dealkylation sites (N-methyl/N-ethyl adjacent to an activating group) is 1. The highest BCUT2D eigenvalue weighted by Gasteiger charge is 2.20. The van der Waals surface area contributed by atoms with Gasteiger partial charge in [0, 0.05) is 25.4 Å². The summed E-state index contributed by atoms with van der Waals surface area (Å²) in [5.41, 5.74) is 0.550. The Hall–Kier alpha value is -2.24. The van der Waals surface area contributed by atoms with Gasteiger partial charge in [-0.1, -0.05) is 19.9 Å². The lowest BCUT2D eigenvalue weighted by molar-refractivity contribution is -0.132. The lowest BCUT2D eigenvalue weighted by atomic mass is 10.1. The summed E-state index contributed by atoms with van der Waals surface area (Å²) in [6.45, 7) is 5.97. The Bertz CT molecular complexity index is 697. The second-order valence-corrected chi connectivity index (χ2v) is 5.92. The van der Waals surface area contributed by atoms with Gasteiger partial charge < -0.3 is 9.47 Å². The molecule has 1 atom stereocenters. The van der Waals surface area contributed by atoms with E-state index in [0.717, 1.165) is 18.0 Å². The topological polar surface area (TPSA) is 38.1 Å². The molecule has 0 spiro atoms. The second-order valence-electron chi connectivity index (χ2n) is 5.92. The number of aromatic nitrogens is 2. The minimum atomic E-state index is -0.910. The van der Waals surface area contributed by atoms with E-state index in [1.54, 1.807) is 26.4 Å². The van der Waals surface area contributed by atoms with Gasteiger partial charge in [0.1, 0.15) is 12.4 Å². The van der Waals surface area contributed by atoms with Crippen molar-refractivity contribution in [3.63, 3.8) is 0 Å². The van der Waals surface area contributed by atoms with Gasteiger partial charge in [-0.15, -0.1) is 0 Å². The molecule has 23 heavy (non-hydrogen) atoms. The molecule has 0 N–H and O–H groups in total. The summed E-state index contributed by atoms with van der Waals surface area (Å²) in [6.07, 6.45) is 3.44. The third-order valence-electron chi connectivity index (χ3n) is 3.97. The molecular formula is C17H21F2N3O. The molecular weight excluding hydrogens is 300 g/mol. The zero-order chi connectivity index (χ0) is 17.1. The summed E-state index contributed by atoms with van der Waals surface area (Å²) in [5.74, 6) is -0.872. The minimum Gasteiger partial charge on any atom is -0.337 e. The van der Waals surface area contributed by atoms with Gasteiger partial charge in [0.25, 0.3) is 0 Å². The SMILES string of the molecule is CC(C)c1nccn1CC(=O)N(C)[C@@H](C)c1ccc(F)c(F)c1. The van der Waals surface area contributed by atoms with E-state index in [4.69, 9.17) is 0 Å². The van der Waals surface area contributed by atoms with E-state index in [1.807, 2.05) is 18.4 Å². The third kappa shape index (κ3) is 3.75. The number of nitrogens with zero attached hydrogens (tertiary/aromatic N) is 3. The van der Waals surface area contributed by atoms with Crippen molar-refractivity contribution < 1.29 is 13.6 Å². The number of amides is 1. The maximum atomic E-state index is 13.4. The van der Waals surface area contributed by atoms with Crippen LogP contribution in [0.3, 0.4) is 0 Å². The average Bonchev–Trinajstić information content (AvgIpc) is 2.96. The number of rotatable bonds is 5. The molecule has 1 aromatic carbocycles. The zero-order valence-corrected chi connectivity index (χ0v) is 13.8. The summed E-state index contributed by atoms with van der Waals surface area (Å²) in [6, 6.07) is 3.33. The van der Waals surface area contributed by atoms with Gasteiger partial charge in [0.2, 0.25) is 5.91 Å². The van der Waals surface area contributed by atoms with E-state index >= 15 is 0 Å². The number of hydrogen-bond acceptors (Lipinski definition) is 2. The van der Waals surface area contributed by atoms with Crippen LogP contribution in [0.5, 0.6) is 0 Å². The maximum Gasteiger partial charge on any atom is 0.242 e. The first-order valence-corrected chi connectivity index (χ1v) is 7.53. The minimum absolute atomic E-state index is 0.123. The van der Waals surface area contributed by atoms with E-state index in [0.29, 0.717) is 5.56 Å². The van der Waals surface area contributed by atoms with Crippen LogP contribution in [0, 0.1) is 11.6 Å². The predicted octanol–water partition coefficient (Wildman–Crippen LogP) is 3.50. The average molecular weight is 321 g/mol. The molecule has 2 aromatic rings. The van der Waals surface area contributed by atoms with Crippen LogP contribution in [0.1, 0.15) is 44.1 Å². The second kappa shape index (κ2) is 6.89. The van der Waals surface area contributed by atoms with Gasteiger partial charge in [-0.2, -0.15) is 0 Å². The molecule has 0 saturated heterocycles. The fraction of sp³-hybridized carbons (Fsp3) is 0.412. The van der Waals surface area contributed by atoms with Crippen molar-refractivity contribution in [3.05, 3.63) is 53.6 Å². The van der Waals surface area contributed by atoms with Gasteiger partial charge in [-0.3, -0.25) is 4.79 Å². The third-order valence-corrected chi connectivity index (χ3v) is 3.97. The lowest BCUT2D eigenvalue weighted by Gasteiger charge is -2.26. The number of hydrogen-bond donors (Lipinski definition) is 0. The molecule has 1 aromatic heterocycles. The van der Waals surface area contributed by atoms with Gasteiger partial charge in [-0.25, -0.2) is 13.8 Å². The largest absolute Gasteiger partial charge is 0.337 e. The molecule has 1 amide bonds. The summed E-state index contributed by atoms with van der Waals surface area (Å²) < 4.78 is 28.2. The number of carbonyl (C=O) groups is 1. The Morgan fingerprint density at radius 3 is 2.57 bits per heavy atom. The molecule has 4 nitrogen and oxygen atoms in total. The zero-order valence-electron chi connectivity index (χ0n) is 13.8. The molecule has 0 aliphatic carbocycles. The van der Waals surface area contributed by atoms with Crippen LogP contribution in [0.4, 0.5) is 8.78 Å². The summed E-state index contributed by atoms with van der Waals surface area (Å²) in [5, 5.41) is 0. The van der Waals surface area contributed by atoms with Crippen LogP contribution < -0.4 is 0 Å². The van der Waals surface area contributed by atoms with Crippen molar-refractivity contribution in [2.75, 3.05) is 7.05 Å². The standard InChI is InChI=1S/C17H21F2N3O/c1-11(2)17-20-7-8-22(17)10-16(23)21(4)12(3)13-5-6-14(18)15(19)9-13/h5-9,11-12H,10H2,1-4H3/t12-/m0/s1. The number of halogens is 2. The van der Waals surface area contributed by atoms with Crippen LogP contribution in [0.25, 0.3) is 0 Å². The fourth-order valence-electron chi connectivity index (χ4n) is 2.42. The summed E-state index contributed by atoms with van der Waals surface area (Å²) >= 11 is 0. The first kappa shape index (κ1) is 17.1. The molecule has 6 heteroatoms. The number of benzene rings is 1. The van der Waals surface area contributed by atoms with Crippen molar-refractivity contribution in [1.29, 1.82) is 0 Å². The summed E-state index contributed by atoms with van der Waals surface area (Å²) in [4.78, 5) is 18.2. The maximum absolute atomic E-state index is 13.4. The van der Waals surface area contributed by atoms with Crippen molar-refractivity contribution in [1.82, 2.24) is 14.5 Å². The van der Waals surface area contributed by atoms with Gasteiger partial charge in [0.05, 0.1) is 6.04 Å². The highest BCUT2D eigenvalue weighted by molar-refractivity contribution is 5.76. The Morgan fingerprint density at radius 1 is 1.26 bits per heavy atom. The van der Waals surface area contributed by atoms with Crippen LogP contribution in [0.15, 0.2) is 30.6 Å². The fourth-order valence-corrected chi connectivity index (χ4v) is 2.42. The Morgan fingerprint density at radius 2 is 1.96 bits per heavy atom. The van der Waals surface area contributed by atoms with Crippen molar-refractivity contribution >= 4 is 5.91 Å². The van der Waals surface area contributed by atoms with Crippen molar-refractivity contribution in [2.45, 2.75) is 39.3 Å². The van der Waals surface area contributed by atoms with E-state index in [2.05, 4.69) is 4.98 Å². The lowest BCUT2D eigenvalue weighted by Crippen LogP contribution is -2.33. The molecule has 2 rings (SSSR count). The van der Waals surface area contributed by atoms with Crippen LogP contribution >= 0.6 is 0 Å². The first-order chi connectivity index (χ1) is 10.8. The smallest absolute Gasteiger partial charge is 0.242 e. The Balaban J connectivity index is 2.12. The summed E-state index contributed by atoms with van der Waals surface area (Å²) in [7, 11) is 1.65. The van der Waals surface area contributed by atoms with Crippen LogP contribution in [-0.4, -0.2) is 27.4 Å². The quantitative estimate of drug-likeness (QED) is 0.845. The molecule has 0 unspecified atom stereocenters. The number of carbonyl (C=O) groups excluding carboxylic acids is 1. The van der Waals surface area contributed by atoms with Gasteiger partial charge in [0.15, 0.2) is 11.6 Å². The van der Waals surface area contributed by atoms with Gasteiger partial charge >= 0.3 is 0 Å². The van der Waals surface area contributed by atoms with E-state index < -0.39 is 11.6 Å². The molecule has 0 radical (unpaired) electrons. The normalized spacial score (nSPS) is 12.5. The molecule has 0 aliphatic heterocycles.